The van der Waals surface area contributed by atoms with Crippen LogP contribution >= 0.6 is 0 Å². The first-order valence-corrected chi connectivity index (χ1v) is 6.73. The largest absolute Gasteiger partial charge is 0.346 e. The van der Waals surface area contributed by atoms with Crippen molar-refractivity contribution < 1.29 is 0 Å². The predicted octanol–water partition coefficient (Wildman–Crippen LogP) is 0.185. The van der Waals surface area contributed by atoms with Crippen molar-refractivity contribution in [1.82, 2.24) is 15.3 Å². The summed E-state index contributed by atoms with van der Waals surface area (Å²) in [5.74, 6) is 1.79. The molecular formula is C15H15N5. The molecule has 4 rings (SSSR count). The van der Waals surface area contributed by atoms with Gasteiger partial charge in [0.2, 0.25) is 0 Å². The van der Waals surface area contributed by atoms with Crippen molar-refractivity contribution in [1.29, 1.82) is 0 Å². The van der Waals surface area contributed by atoms with E-state index in [2.05, 4.69) is 57.5 Å². The number of rotatable bonds is 1. The molecule has 0 bridgehead atoms. The predicted molar refractivity (Wildman–Crippen MR) is 77.0 cm³/mol. The van der Waals surface area contributed by atoms with Crippen LogP contribution in [-0.4, -0.2) is 28.0 Å². The van der Waals surface area contributed by atoms with Gasteiger partial charge in [0.1, 0.15) is 23.9 Å². The van der Waals surface area contributed by atoms with Gasteiger partial charge in [-0.05, 0) is 19.9 Å². The standard InChI is InChI=1S/C15H15N5/c1-8-3-5-10(6-4-8)13-18-12-7-11-14(17-9(2)16-11)20-15(12)19-13/h3-7,12,15H,1-2H3,(H,18,19)(H,16,17,20). The van der Waals surface area contributed by atoms with Crippen molar-refractivity contribution in [2.75, 3.05) is 0 Å². The number of aromatic amines is 1. The highest BCUT2D eigenvalue weighted by Crippen LogP contribution is 2.15. The molecule has 1 aromatic carbocycles. The SMILES string of the molecule is Cc1ccc(C2=NC3C=c4[nH]c(C)nc4=NC3N2)cc1. The molecule has 100 valence electrons. The van der Waals surface area contributed by atoms with Gasteiger partial charge >= 0.3 is 0 Å². The minimum absolute atomic E-state index is 0.0403. The van der Waals surface area contributed by atoms with Crippen LogP contribution in [-0.2, 0) is 0 Å². The summed E-state index contributed by atoms with van der Waals surface area (Å²) in [4.78, 5) is 16.9. The van der Waals surface area contributed by atoms with E-state index in [1.165, 1.54) is 5.56 Å². The molecular weight excluding hydrogens is 250 g/mol. The number of nitrogens with zero attached hydrogens (tertiary/aromatic N) is 3. The molecule has 1 aromatic heterocycles. The maximum Gasteiger partial charge on any atom is 0.175 e. The Bertz CT molecular complexity index is 813. The van der Waals surface area contributed by atoms with E-state index in [1.54, 1.807) is 0 Å². The van der Waals surface area contributed by atoms with Crippen LogP contribution in [0.3, 0.4) is 0 Å². The molecule has 0 fully saturated rings. The zero-order chi connectivity index (χ0) is 13.7. The monoisotopic (exact) mass is 265 g/mol. The van der Waals surface area contributed by atoms with E-state index in [1.807, 2.05) is 6.92 Å². The fourth-order valence-electron chi connectivity index (χ4n) is 2.60. The summed E-state index contributed by atoms with van der Waals surface area (Å²) in [6.45, 7) is 4.02. The summed E-state index contributed by atoms with van der Waals surface area (Å²) < 4.78 is 0. The second-order valence-electron chi connectivity index (χ2n) is 5.28. The molecule has 2 aromatic rings. The molecule has 2 unspecified atom stereocenters. The molecule has 0 amide bonds. The van der Waals surface area contributed by atoms with Crippen LogP contribution < -0.4 is 16.2 Å². The molecule has 2 N–H and O–H groups in total. The smallest absolute Gasteiger partial charge is 0.175 e. The van der Waals surface area contributed by atoms with Crippen LogP contribution in [0.2, 0.25) is 0 Å². The van der Waals surface area contributed by atoms with Gasteiger partial charge in [0.25, 0.3) is 0 Å². The number of hydrogen-bond donors (Lipinski definition) is 2. The quantitative estimate of drug-likeness (QED) is 0.773. The van der Waals surface area contributed by atoms with Crippen molar-refractivity contribution in [3.63, 3.8) is 0 Å². The zero-order valence-corrected chi connectivity index (χ0v) is 11.4. The van der Waals surface area contributed by atoms with Gasteiger partial charge in [-0.3, -0.25) is 4.99 Å². The van der Waals surface area contributed by atoms with E-state index in [4.69, 9.17) is 4.99 Å². The van der Waals surface area contributed by atoms with E-state index in [-0.39, 0.29) is 12.2 Å². The van der Waals surface area contributed by atoms with E-state index in [0.717, 1.165) is 28.1 Å². The third kappa shape index (κ3) is 1.74. The number of fused-ring (bicyclic) bond motifs is 2. The first-order chi connectivity index (χ1) is 9.69. The Morgan fingerprint density at radius 3 is 2.65 bits per heavy atom. The number of hydrogen-bond acceptors (Lipinski definition) is 4. The lowest BCUT2D eigenvalue weighted by Crippen LogP contribution is -2.42. The molecule has 2 aliphatic rings. The minimum atomic E-state index is -0.0403. The maximum atomic E-state index is 4.73. The number of benzene rings is 1. The van der Waals surface area contributed by atoms with Gasteiger partial charge in [0.15, 0.2) is 5.49 Å². The summed E-state index contributed by atoms with van der Waals surface area (Å²) in [6.07, 6.45) is 2.06. The molecule has 0 aliphatic carbocycles. The van der Waals surface area contributed by atoms with E-state index < -0.39 is 0 Å². The number of aryl methyl sites for hydroxylation is 2. The van der Waals surface area contributed by atoms with Crippen LogP contribution in [0.1, 0.15) is 17.0 Å². The number of aromatic nitrogens is 2. The number of amidine groups is 1. The van der Waals surface area contributed by atoms with Crippen LogP contribution in [0, 0.1) is 13.8 Å². The summed E-state index contributed by atoms with van der Waals surface area (Å²) in [5.41, 5.74) is 3.12. The third-order valence-electron chi connectivity index (χ3n) is 3.64. The lowest BCUT2D eigenvalue weighted by molar-refractivity contribution is 0.603. The number of imidazole rings is 1. The molecule has 2 aliphatic heterocycles. The first kappa shape index (κ1) is 11.4. The molecule has 2 atom stereocenters. The van der Waals surface area contributed by atoms with Gasteiger partial charge in [0, 0.05) is 5.56 Å². The molecule has 20 heavy (non-hydrogen) atoms. The topological polar surface area (TPSA) is 65.4 Å². The number of H-pyrrole nitrogens is 1. The highest BCUT2D eigenvalue weighted by Gasteiger charge is 2.29. The first-order valence-electron chi connectivity index (χ1n) is 6.73. The Kier molecular flexibility index (Phi) is 2.30. The summed E-state index contributed by atoms with van der Waals surface area (Å²) in [7, 11) is 0. The molecule has 0 saturated carbocycles. The zero-order valence-electron chi connectivity index (χ0n) is 11.4. The Hall–Kier alpha value is -2.43. The van der Waals surface area contributed by atoms with Crippen LogP contribution in [0.25, 0.3) is 6.08 Å². The highest BCUT2D eigenvalue weighted by atomic mass is 15.2. The van der Waals surface area contributed by atoms with Gasteiger partial charge < -0.3 is 10.3 Å². The Labute approximate surface area is 116 Å². The third-order valence-corrected chi connectivity index (χ3v) is 3.64. The van der Waals surface area contributed by atoms with E-state index >= 15 is 0 Å². The fourth-order valence-corrected chi connectivity index (χ4v) is 2.60. The lowest BCUT2D eigenvalue weighted by Gasteiger charge is -2.12. The lowest BCUT2D eigenvalue weighted by atomic mass is 10.1. The van der Waals surface area contributed by atoms with Gasteiger partial charge in [0.05, 0.1) is 5.35 Å². The summed E-state index contributed by atoms with van der Waals surface area (Å²) >= 11 is 0. The molecule has 3 heterocycles. The summed E-state index contributed by atoms with van der Waals surface area (Å²) in [6, 6.07) is 8.39. The van der Waals surface area contributed by atoms with Crippen LogP contribution in [0.5, 0.6) is 0 Å². The average Bonchev–Trinajstić information content (AvgIpc) is 2.97. The Balaban J connectivity index is 1.72. The van der Waals surface area contributed by atoms with Gasteiger partial charge in [-0.25, -0.2) is 9.98 Å². The Morgan fingerprint density at radius 2 is 1.85 bits per heavy atom. The molecule has 5 heteroatoms. The molecule has 5 nitrogen and oxygen atoms in total. The second-order valence-corrected chi connectivity index (χ2v) is 5.28. The fraction of sp³-hybridized carbons (Fsp3) is 0.267. The number of nitrogens with one attached hydrogen (secondary N) is 2. The van der Waals surface area contributed by atoms with Gasteiger partial charge in [-0.2, -0.15) is 0 Å². The van der Waals surface area contributed by atoms with E-state index in [0.29, 0.717) is 0 Å². The average molecular weight is 265 g/mol. The molecule has 0 spiro atoms. The van der Waals surface area contributed by atoms with Crippen LogP contribution in [0.4, 0.5) is 0 Å². The van der Waals surface area contributed by atoms with E-state index in [9.17, 15) is 0 Å². The van der Waals surface area contributed by atoms with Crippen molar-refractivity contribution in [2.45, 2.75) is 26.1 Å². The van der Waals surface area contributed by atoms with Crippen molar-refractivity contribution in [2.24, 2.45) is 9.98 Å². The normalized spacial score (nSPS) is 23.0. The second kappa shape index (κ2) is 4.03. The maximum absolute atomic E-state index is 4.73. The summed E-state index contributed by atoms with van der Waals surface area (Å²) in [5, 5.41) is 4.35. The molecule has 0 saturated heterocycles. The van der Waals surface area contributed by atoms with Crippen LogP contribution in [0.15, 0.2) is 34.3 Å². The Morgan fingerprint density at radius 1 is 1.05 bits per heavy atom. The van der Waals surface area contributed by atoms with Crippen molar-refractivity contribution >= 4 is 11.9 Å². The van der Waals surface area contributed by atoms with Crippen molar-refractivity contribution in [3.8, 4) is 0 Å². The number of aliphatic imine (C=N–C) groups is 1. The van der Waals surface area contributed by atoms with Crippen molar-refractivity contribution in [3.05, 3.63) is 52.1 Å². The van der Waals surface area contributed by atoms with Gasteiger partial charge in [-0.1, -0.05) is 29.8 Å². The minimum Gasteiger partial charge on any atom is -0.346 e. The highest BCUT2D eigenvalue weighted by molar-refractivity contribution is 6.00. The molecule has 0 radical (unpaired) electrons. The van der Waals surface area contributed by atoms with Gasteiger partial charge in [-0.15, -0.1) is 0 Å².